The molecule has 0 atom stereocenters. The normalized spacial score (nSPS) is 10.9. The van der Waals surface area contributed by atoms with Gasteiger partial charge < -0.3 is 18.9 Å². The third kappa shape index (κ3) is 5.90. The molecule has 0 fully saturated rings. The van der Waals surface area contributed by atoms with E-state index < -0.39 is 0 Å². The van der Waals surface area contributed by atoms with Crippen molar-refractivity contribution in [1.82, 2.24) is 5.32 Å². The Morgan fingerprint density at radius 3 is 2.46 bits per heavy atom. The lowest BCUT2D eigenvalue weighted by atomic mass is 10.1. The highest BCUT2D eigenvalue weighted by atomic mass is 16.5. The molecule has 0 heterocycles. The summed E-state index contributed by atoms with van der Waals surface area (Å²) in [6, 6.07) is 12.8. The summed E-state index contributed by atoms with van der Waals surface area (Å²) >= 11 is 0. The second kappa shape index (κ2) is 10.8. The first-order valence-electron chi connectivity index (χ1n) is 8.94. The summed E-state index contributed by atoms with van der Waals surface area (Å²) in [5.74, 6) is 1.64. The van der Waals surface area contributed by atoms with E-state index in [0.29, 0.717) is 42.4 Å². The zero-order chi connectivity index (χ0) is 20.4. The number of aliphatic imine (C=N–C) groups is 1. The molecule has 1 amide bonds. The second-order valence-electron chi connectivity index (χ2n) is 5.75. The predicted octanol–water partition coefficient (Wildman–Crippen LogP) is 3.08. The number of benzene rings is 2. The standard InChI is InChI=1S/C21H26N2O5/c1-5-28-21(23-20(24)16-7-6-8-17(14-16)25-2)22-12-11-15-9-10-18(26-3)19(13-15)27-4/h6-10,13-14H,5,11-12H2,1-4H3,(H,22,23,24). The number of nitrogens with one attached hydrogen (secondary N) is 1. The van der Waals surface area contributed by atoms with E-state index in [0.717, 1.165) is 5.56 Å². The van der Waals surface area contributed by atoms with Gasteiger partial charge in [0.1, 0.15) is 5.75 Å². The van der Waals surface area contributed by atoms with Crippen LogP contribution in [-0.2, 0) is 11.2 Å². The van der Waals surface area contributed by atoms with E-state index in [4.69, 9.17) is 18.9 Å². The Labute approximate surface area is 165 Å². The number of hydrogen-bond donors (Lipinski definition) is 1. The van der Waals surface area contributed by atoms with Crippen LogP contribution in [0.4, 0.5) is 0 Å². The Morgan fingerprint density at radius 1 is 1.00 bits per heavy atom. The minimum atomic E-state index is -0.308. The molecule has 1 N–H and O–H groups in total. The van der Waals surface area contributed by atoms with Gasteiger partial charge in [0.25, 0.3) is 11.9 Å². The average Bonchev–Trinajstić information content (AvgIpc) is 2.73. The molecule has 2 aromatic rings. The quantitative estimate of drug-likeness (QED) is 0.557. The van der Waals surface area contributed by atoms with Crippen molar-refractivity contribution in [2.75, 3.05) is 34.5 Å². The van der Waals surface area contributed by atoms with Crippen molar-refractivity contribution in [3.63, 3.8) is 0 Å². The topological polar surface area (TPSA) is 78.4 Å². The third-order valence-corrected chi connectivity index (χ3v) is 3.94. The van der Waals surface area contributed by atoms with Crippen molar-refractivity contribution in [3.05, 3.63) is 53.6 Å². The van der Waals surface area contributed by atoms with Gasteiger partial charge >= 0.3 is 0 Å². The predicted molar refractivity (Wildman–Crippen MR) is 108 cm³/mol. The first-order chi connectivity index (χ1) is 13.6. The van der Waals surface area contributed by atoms with Gasteiger partial charge in [-0.15, -0.1) is 0 Å². The molecule has 0 saturated carbocycles. The SMILES string of the molecule is CCOC(=NCCc1ccc(OC)c(OC)c1)NC(=O)c1cccc(OC)c1. The molecule has 0 aromatic heterocycles. The van der Waals surface area contributed by atoms with E-state index in [-0.39, 0.29) is 11.9 Å². The third-order valence-electron chi connectivity index (χ3n) is 3.94. The van der Waals surface area contributed by atoms with Gasteiger partial charge in [0.05, 0.1) is 27.9 Å². The zero-order valence-corrected chi connectivity index (χ0v) is 16.7. The van der Waals surface area contributed by atoms with Crippen LogP contribution < -0.4 is 19.5 Å². The number of amides is 1. The molecule has 0 bridgehead atoms. The van der Waals surface area contributed by atoms with Crippen LogP contribution in [0.5, 0.6) is 17.2 Å². The van der Waals surface area contributed by atoms with E-state index in [2.05, 4.69) is 10.3 Å². The van der Waals surface area contributed by atoms with Gasteiger partial charge in [0.2, 0.25) is 0 Å². The van der Waals surface area contributed by atoms with Crippen LogP contribution in [0.3, 0.4) is 0 Å². The molecule has 0 aliphatic carbocycles. The lowest BCUT2D eigenvalue weighted by molar-refractivity contribution is 0.0966. The second-order valence-corrected chi connectivity index (χ2v) is 5.75. The van der Waals surface area contributed by atoms with Crippen molar-refractivity contribution in [3.8, 4) is 17.2 Å². The fourth-order valence-electron chi connectivity index (χ4n) is 2.51. The van der Waals surface area contributed by atoms with Crippen molar-refractivity contribution in [2.45, 2.75) is 13.3 Å². The van der Waals surface area contributed by atoms with E-state index >= 15 is 0 Å². The minimum absolute atomic E-state index is 0.191. The van der Waals surface area contributed by atoms with Crippen LogP contribution in [0.25, 0.3) is 0 Å². The van der Waals surface area contributed by atoms with E-state index in [1.165, 1.54) is 0 Å². The van der Waals surface area contributed by atoms with Crippen LogP contribution in [0, 0.1) is 0 Å². The number of hydrogen-bond acceptors (Lipinski definition) is 6. The molecule has 7 nitrogen and oxygen atoms in total. The summed E-state index contributed by atoms with van der Waals surface area (Å²) in [4.78, 5) is 16.8. The molecule has 28 heavy (non-hydrogen) atoms. The fraction of sp³-hybridized carbons (Fsp3) is 0.333. The molecular weight excluding hydrogens is 360 g/mol. The fourth-order valence-corrected chi connectivity index (χ4v) is 2.51. The van der Waals surface area contributed by atoms with Crippen LogP contribution in [0.15, 0.2) is 47.5 Å². The lowest BCUT2D eigenvalue weighted by Gasteiger charge is -2.11. The van der Waals surface area contributed by atoms with Gasteiger partial charge in [0, 0.05) is 12.1 Å². The Bertz CT molecular complexity index is 820. The maximum atomic E-state index is 12.4. The van der Waals surface area contributed by atoms with Crippen LogP contribution in [-0.4, -0.2) is 46.4 Å². The van der Waals surface area contributed by atoms with Crippen LogP contribution in [0.1, 0.15) is 22.8 Å². The summed E-state index contributed by atoms with van der Waals surface area (Å²) in [5, 5.41) is 2.70. The summed E-state index contributed by atoms with van der Waals surface area (Å²) < 4.78 is 21.1. The maximum absolute atomic E-state index is 12.4. The largest absolute Gasteiger partial charge is 0.497 e. The first kappa shape index (κ1) is 21.1. The monoisotopic (exact) mass is 386 g/mol. The molecule has 0 radical (unpaired) electrons. The van der Waals surface area contributed by atoms with Gasteiger partial charge in [0.15, 0.2) is 11.5 Å². The average molecular weight is 386 g/mol. The maximum Gasteiger partial charge on any atom is 0.291 e. The minimum Gasteiger partial charge on any atom is -0.497 e. The molecule has 0 aliphatic rings. The lowest BCUT2D eigenvalue weighted by Crippen LogP contribution is -2.33. The summed E-state index contributed by atoms with van der Waals surface area (Å²) in [5.41, 5.74) is 1.50. The van der Waals surface area contributed by atoms with Gasteiger partial charge in [-0.1, -0.05) is 12.1 Å². The molecule has 2 aromatic carbocycles. The molecule has 7 heteroatoms. The molecule has 0 saturated heterocycles. The number of carbonyl (C=O) groups is 1. The number of rotatable bonds is 8. The number of methoxy groups -OCH3 is 3. The number of ether oxygens (including phenoxy) is 4. The molecule has 2 rings (SSSR count). The van der Waals surface area contributed by atoms with E-state index in [1.54, 1.807) is 45.6 Å². The van der Waals surface area contributed by atoms with Gasteiger partial charge in [-0.05, 0) is 49.2 Å². The van der Waals surface area contributed by atoms with Crippen LogP contribution >= 0.6 is 0 Å². The van der Waals surface area contributed by atoms with Gasteiger partial charge in [-0.2, -0.15) is 0 Å². The highest BCUT2D eigenvalue weighted by Gasteiger charge is 2.11. The summed E-state index contributed by atoms with van der Waals surface area (Å²) in [7, 11) is 4.75. The number of carbonyl (C=O) groups excluding carboxylic acids is 1. The summed E-state index contributed by atoms with van der Waals surface area (Å²) in [6.45, 7) is 2.68. The molecular formula is C21H26N2O5. The van der Waals surface area contributed by atoms with Crippen molar-refractivity contribution < 1.29 is 23.7 Å². The first-order valence-corrected chi connectivity index (χ1v) is 8.94. The molecule has 150 valence electrons. The van der Waals surface area contributed by atoms with Gasteiger partial charge in [-0.25, -0.2) is 4.99 Å². The number of nitrogens with zero attached hydrogens (tertiary/aromatic N) is 1. The van der Waals surface area contributed by atoms with Crippen molar-refractivity contribution in [2.24, 2.45) is 4.99 Å². The highest BCUT2D eigenvalue weighted by molar-refractivity contribution is 6.04. The van der Waals surface area contributed by atoms with Crippen molar-refractivity contribution in [1.29, 1.82) is 0 Å². The van der Waals surface area contributed by atoms with E-state index in [1.807, 2.05) is 25.1 Å². The van der Waals surface area contributed by atoms with Gasteiger partial charge in [-0.3, -0.25) is 10.1 Å². The Morgan fingerprint density at radius 2 is 1.79 bits per heavy atom. The Hall–Kier alpha value is -3.22. The smallest absolute Gasteiger partial charge is 0.291 e. The van der Waals surface area contributed by atoms with E-state index in [9.17, 15) is 4.79 Å². The molecule has 0 spiro atoms. The summed E-state index contributed by atoms with van der Waals surface area (Å²) in [6.07, 6.45) is 0.659. The Kier molecular flexibility index (Phi) is 8.14. The van der Waals surface area contributed by atoms with Crippen molar-refractivity contribution >= 4 is 11.9 Å². The molecule has 0 unspecified atom stereocenters. The zero-order valence-electron chi connectivity index (χ0n) is 16.7. The number of amidine groups is 1. The Balaban J connectivity index is 2.02. The molecule has 0 aliphatic heterocycles. The van der Waals surface area contributed by atoms with Crippen LogP contribution in [0.2, 0.25) is 0 Å². The highest BCUT2D eigenvalue weighted by Crippen LogP contribution is 2.27.